The van der Waals surface area contributed by atoms with Gasteiger partial charge in [-0.15, -0.1) is 0 Å². The van der Waals surface area contributed by atoms with E-state index in [-0.39, 0.29) is 11.4 Å². The predicted octanol–water partition coefficient (Wildman–Crippen LogP) is -6.08. The quantitative estimate of drug-likeness (QED) is 0.0580. The summed E-state index contributed by atoms with van der Waals surface area (Å²) < 4.78 is 34.1. The van der Waals surface area contributed by atoms with Crippen LogP contribution in [0.1, 0.15) is 20.3 Å². The van der Waals surface area contributed by atoms with Crippen LogP contribution in [0.25, 0.3) is 0 Å². The molecule has 0 bridgehead atoms. The van der Waals surface area contributed by atoms with E-state index >= 15 is 0 Å². The zero-order valence-corrected chi connectivity index (χ0v) is 29.2. The first-order valence-electron chi connectivity index (χ1n) is 16.8. The molecule has 12 N–H and O–H groups in total. The van der Waals surface area contributed by atoms with Crippen LogP contribution in [0.5, 0.6) is 5.75 Å². The van der Waals surface area contributed by atoms with E-state index in [2.05, 4.69) is 10.6 Å². The highest BCUT2D eigenvalue weighted by molar-refractivity contribution is 5.76. The van der Waals surface area contributed by atoms with Crippen molar-refractivity contribution < 1.29 is 98.8 Å². The molecule has 4 rings (SSSR count). The molecule has 2 amide bonds. The van der Waals surface area contributed by atoms with Gasteiger partial charge in [0, 0.05) is 32.4 Å². The fourth-order valence-electron chi connectivity index (χ4n) is 6.43. The number of nitro groups is 1. The molecule has 16 atom stereocenters. The molecular formula is C31H45N3O21. The van der Waals surface area contributed by atoms with E-state index in [0.29, 0.717) is 0 Å². The van der Waals surface area contributed by atoms with Gasteiger partial charge in [-0.2, -0.15) is 0 Å². The van der Waals surface area contributed by atoms with Gasteiger partial charge in [-0.25, -0.2) is 4.79 Å². The number of hydrogen-bond donors (Lipinski definition) is 12. The van der Waals surface area contributed by atoms with Gasteiger partial charge in [0.2, 0.25) is 18.1 Å². The minimum atomic E-state index is -3.08. The zero-order valence-electron chi connectivity index (χ0n) is 29.2. The first-order valence-corrected chi connectivity index (χ1v) is 16.8. The number of rotatable bonds is 15. The number of ether oxygens (including phenoxy) is 6. The molecule has 0 aliphatic carbocycles. The monoisotopic (exact) mass is 795 g/mol. The van der Waals surface area contributed by atoms with Crippen molar-refractivity contribution in [3.05, 3.63) is 34.4 Å². The summed E-state index contributed by atoms with van der Waals surface area (Å²) in [6.07, 6.45) is -26.0. The van der Waals surface area contributed by atoms with Gasteiger partial charge in [0.05, 0.1) is 36.9 Å². The van der Waals surface area contributed by atoms with Crippen LogP contribution in [0.2, 0.25) is 0 Å². The molecule has 1 aromatic rings. The Morgan fingerprint density at radius 3 is 2.00 bits per heavy atom. The third-order valence-corrected chi connectivity index (χ3v) is 9.15. The van der Waals surface area contributed by atoms with Crippen molar-refractivity contribution in [2.75, 3.05) is 19.8 Å². The highest BCUT2D eigenvalue weighted by Gasteiger charge is 2.60. The van der Waals surface area contributed by atoms with Crippen molar-refractivity contribution >= 4 is 23.5 Å². The summed E-state index contributed by atoms with van der Waals surface area (Å²) in [5, 5.41) is 122. The first kappa shape index (κ1) is 44.0. The average molecular weight is 796 g/mol. The largest absolute Gasteiger partial charge is 0.477 e. The number of amides is 2. The Morgan fingerprint density at radius 1 is 0.891 bits per heavy atom. The van der Waals surface area contributed by atoms with Crippen molar-refractivity contribution in [2.45, 2.75) is 118 Å². The second kappa shape index (κ2) is 18.5. The van der Waals surface area contributed by atoms with E-state index in [0.717, 1.165) is 26.0 Å². The van der Waals surface area contributed by atoms with Crippen LogP contribution >= 0.6 is 0 Å². The SMILES string of the molecule is CC(=O)NC1C(Oc2ccc([N+](=O)[O-])cc2)OC(CO)C(OC2OC(CO)C(O)C(OC3(C(=O)O)CC(O)C(NC(C)=O)C(C(O)C(O)CO)O3)C2O)C1O. The minimum absolute atomic E-state index is 0.00792. The Balaban J connectivity index is 1.63. The maximum absolute atomic E-state index is 12.8. The van der Waals surface area contributed by atoms with E-state index in [1.807, 2.05) is 0 Å². The summed E-state index contributed by atoms with van der Waals surface area (Å²) >= 11 is 0. The van der Waals surface area contributed by atoms with E-state index in [1.54, 1.807) is 0 Å². The number of nitrogens with zero attached hydrogens (tertiary/aromatic N) is 1. The highest BCUT2D eigenvalue weighted by atomic mass is 16.8. The molecule has 3 heterocycles. The molecule has 0 aromatic heterocycles. The van der Waals surface area contributed by atoms with E-state index in [4.69, 9.17) is 28.4 Å². The Morgan fingerprint density at radius 2 is 1.47 bits per heavy atom. The van der Waals surface area contributed by atoms with Crippen LogP contribution in [0.15, 0.2) is 24.3 Å². The molecule has 3 fully saturated rings. The lowest BCUT2D eigenvalue weighted by Gasteiger charge is -2.50. The fourth-order valence-corrected chi connectivity index (χ4v) is 6.43. The zero-order chi connectivity index (χ0) is 40.9. The lowest BCUT2D eigenvalue weighted by Crippen LogP contribution is -2.71. The third kappa shape index (κ3) is 9.81. The van der Waals surface area contributed by atoms with Crippen LogP contribution in [0, 0.1) is 10.1 Å². The summed E-state index contributed by atoms with van der Waals surface area (Å²) in [6, 6.07) is 1.56. The Kier molecular flexibility index (Phi) is 14.8. The van der Waals surface area contributed by atoms with Gasteiger partial charge in [-0.05, 0) is 12.1 Å². The van der Waals surface area contributed by atoms with Crippen molar-refractivity contribution in [1.29, 1.82) is 0 Å². The number of aliphatic hydroxyl groups is 9. The maximum Gasteiger partial charge on any atom is 0.364 e. The molecule has 1 aromatic carbocycles. The van der Waals surface area contributed by atoms with Gasteiger partial charge in [0.1, 0.15) is 72.8 Å². The number of nitro benzene ring substituents is 1. The molecule has 3 saturated heterocycles. The van der Waals surface area contributed by atoms with Gasteiger partial charge in [0.25, 0.3) is 11.5 Å². The highest BCUT2D eigenvalue weighted by Crippen LogP contribution is 2.38. The number of aliphatic hydroxyl groups excluding tert-OH is 9. The summed E-state index contributed by atoms with van der Waals surface area (Å²) in [6.45, 7) is -0.882. The van der Waals surface area contributed by atoms with E-state index in [9.17, 15) is 75.6 Å². The van der Waals surface area contributed by atoms with Crippen LogP contribution in [-0.2, 0) is 38.1 Å². The van der Waals surface area contributed by atoms with E-state index in [1.165, 1.54) is 12.1 Å². The average Bonchev–Trinajstić information content (AvgIpc) is 3.13. The van der Waals surface area contributed by atoms with Gasteiger partial charge in [0.15, 0.2) is 6.29 Å². The van der Waals surface area contributed by atoms with Crippen LogP contribution in [0.4, 0.5) is 5.69 Å². The predicted molar refractivity (Wildman–Crippen MR) is 173 cm³/mol. The van der Waals surface area contributed by atoms with Gasteiger partial charge in [-0.1, -0.05) is 0 Å². The maximum atomic E-state index is 12.8. The molecule has 0 spiro atoms. The molecule has 24 heteroatoms. The molecule has 3 aliphatic rings. The first-order chi connectivity index (χ1) is 25.9. The second-order valence-corrected chi connectivity index (χ2v) is 13.1. The van der Waals surface area contributed by atoms with Crippen molar-refractivity contribution in [3.8, 4) is 5.75 Å². The topological polar surface area (TPSA) is 376 Å². The van der Waals surface area contributed by atoms with Crippen LogP contribution in [-0.4, -0.2) is 191 Å². The minimum Gasteiger partial charge on any atom is -0.477 e. The summed E-state index contributed by atoms with van der Waals surface area (Å²) in [4.78, 5) is 47.2. The lowest BCUT2D eigenvalue weighted by molar-refractivity contribution is -0.384. The normalized spacial score (nSPS) is 37.6. The van der Waals surface area contributed by atoms with Crippen LogP contribution in [0.3, 0.4) is 0 Å². The van der Waals surface area contributed by atoms with Gasteiger partial charge >= 0.3 is 5.97 Å². The van der Waals surface area contributed by atoms with Crippen molar-refractivity contribution in [3.63, 3.8) is 0 Å². The molecular weight excluding hydrogens is 750 g/mol. The molecule has 55 heavy (non-hydrogen) atoms. The number of aliphatic carboxylic acids is 1. The Hall–Kier alpha value is -3.73. The van der Waals surface area contributed by atoms with Gasteiger partial charge in [-0.3, -0.25) is 19.7 Å². The standard InChI is InChI=1S/C31H45N3O21/c1-11(38)32-19-15(40)7-31(30(46)47,54-26(19)21(42)16(41)8-35)55-27-22(43)17(9-36)51-29(24(27)45)53-25-18(10-37)52-28(20(23(25)44)33-12(2)39)50-14-5-3-13(4-6-14)34(48)49/h3-6,15-29,35-37,40-45H,7-10H2,1-2H3,(H,32,38)(H,33,39)(H,46,47). The summed E-state index contributed by atoms with van der Waals surface area (Å²) in [7, 11) is 0. The Bertz CT molecular complexity index is 1490. The molecule has 3 aliphatic heterocycles. The van der Waals surface area contributed by atoms with Crippen molar-refractivity contribution in [1.82, 2.24) is 10.6 Å². The van der Waals surface area contributed by atoms with Crippen molar-refractivity contribution in [2.24, 2.45) is 0 Å². The number of non-ortho nitro benzene ring substituents is 1. The summed E-state index contributed by atoms with van der Waals surface area (Å²) in [5.74, 6) is -6.56. The van der Waals surface area contributed by atoms with Crippen LogP contribution < -0.4 is 15.4 Å². The number of benzene rings is 1. The molecule has 24 nitrogen and oxygen atoms in total. The molecule has 310 valence electrons. The van der Waals surface area contributed by atoms with Gasteiger partial charge < -0.3 is 90.1 Å². The molecule has 0 saturated carbocycles. The number of nitrogens with one attached hydrogen (secondary N) is 2. The summed E-state index contributed by atoms with van der Waals surface area (Å²) in [5.41, 5.74) is -0.274. The Labute approximate surface area is 310 Å². The fraction of sp³-hybridized carbons (Fsp3) is 0.710. The number of carbonyl (C=O) groups excluding carboxylic acids is 2. The lowest BCUT2D eigenvalue weighted by atomic mass is 9.88. The second-order valence-electron chi connectivity index (χ2n) is 13.1. The molecule has 0 radical (unpaired) electrons. The smallest absolute Gasteiger partial charge is 0.364 e. The molecule has 16 unspecified atom stereocenters. The van der Waals surface area contributed by atoms with E-state index < -0.39 is 147 Å². The number of hydrogen-bond acceptors (Lipinski definition) is 20. The number of carboxylic acid groups (broad SMARTS) is 1. The number of carbonyl (C=O) groups is 3. The third-order valence-electron chi connectivity index (χ3n) is 9.15. The number of carboxylic acids is 1.